The molecule has 3 rings (SSSR count). The lowest BCUT2D eigenvalue weighted by atomic mass is 10.2. The third kappa shape index (κ3) is 2.50. The topological polar surface area (TPSA) is 83.6 Å². The van der Waals surface area contributed by atoms with Crippen LogP contribution in [0.1, 0.15) is 10.5 Å². The monoisotopic (exact) mass is 271 g/mol. The third-order valence-electron chi connectivity index (χ3n) is 2.46. The molecule has 3 aromatic heterocycles. The summed E-state index contributed by atoms with van der Waals surface area (Å²) in [6.45, 7) is 0. The molecule has 0 saturated heterocycles. The summed E-state index contributed by atoms with van der Waals surface area (Å²) in [5, 5.41) is 11.2. The Balaban J connectivity index is 1.77. The predicted octanol–water partition coefficient (Wildman–Crippen LogP) is 2.18. The second-order valence-electron chi connectivity index (χ2n) is 3.74. The lowest BCUT2D eigenvalue weighted by Gasteiger charge is -1.96. The van der Waals surface area contributed by atoms with E-state index in [9.17, 15) is 4.79 Å². The van der Waals surface area contributed by atoms with Crippen molar-refractivity contribution in [2.45, 2.75) is 0 Å². The summed E-state index contributed by atoms with van der Waals surface area (Å²) in [4.78, 5) is 19.8. The molecular weight excluding hydrogens is 262 g/mol. The highest BCUT2D eigenvalue weighted by atomic mass is 32.1. The first-order valence-corrected chi connectivity index (χ1v) is 6.42. The van der Waals surface area contributed by atoms with Gasteiger partial charge in [-0.3, -0.25) is 14.9 Å². The number of anilines is 1. The first-order valence-electron chi connectivity index (χ1n) is 5.48. The van der Waals surface area contributed by atoms with Gasteiger partial charge in [-0.05, 0) is 12.1 Å². The number of carbonyl (C=O) groups excluding carboxylic acids is 1. The Morgan fingerprint density at radius 1 is 1.42 bits per heavy atom. The van der Waals surface area contributed by atoms with E-state index >= 15 is 0 Å². The number of rotatable bonds is 3. The van der Waals surface area contributed by atoms with Gasteiger partial charge in [0.15, 0.2) is 5.82 Å². The minimum absolute atomic E-state index is 0.273. The molecule has 0 saturated carbocycles. The van der Waals surface area contributed by atoms with Crippen molar-refractivity contribution in [3.8, 4) is 11.3 Å². The maximum atomic E-state index is 11.8. The van der Waals surface area contributed by atoms with E-state index in [-0.39, 0.29) is 5.91 Å². The minimum Gasteiger partial charge on any atom is -0.304 e. The Morgan fingerprint density at radius 3 is 3.11 bits per heavy atom. The van der Waals surface area contributed by atoms with Gasteiger partial charge in [-0.2, -0.15) is 5.10 Å². The maximum Gasteiger partial charge on any atom is 0.276 e. The molecule has 0 aliphatic rings. The van der Waals surface area contributed by atoms with E-state index in [0.717, 1.165) is 11.3 Å². The molecule has 6 nitrogen and oxygen atoms in total. The van der Waals surface area contributed by atoms with Crippen LogP contribution in [-0.2, 0) is 0 Å². The molecule has 19 heavy (non-hydrogen) atoms. The molecule has 7 heteroatoms. The molecule has 3 heterocycles. The van der Waals surface area contributed by atoms with Crippen molar-refractivity contribution >= 4 is 23.1 Å². The van der Waals surface area contributed by atoms with Crippen molar-refractivity contribution in [1.29, 1.82) is 0 Å². The summed E-state index contributed by atoms with van der Waals surface area (Å²) in [5.41, 5.74) is 3.70. The molecule has 0 bridgehead atoms. The van der Waals surface area contributed by atoms with Crippen LogP contribution in [0.5, 0.6) is 0 Å². The Bertz CT molecular complexity index is 677. The average molecular weight is 271 g/mol. The van der Waals surface area contributed by atoms with Gasteiger partial charge in [-0.25, -0.2) is 4.98 Å². The fourth-order valence-corrected chi connectivity index (χ4v) is 2.09. The van der Waals surface area contributed by atoms with Gasteiger partial charge in [0.25, 0.3) is 5.91 Å². The second-order valence-corrected chi connectivity index (χ2v) is 4.46. The summed E-state index contributed by atoms with van der Waals surface area (Å²) in [6.07, 6.45) is 3.42. The zero-order valence-corrected chi connectivity index (χ0v) is 10.5. The van der Waals surface area contributed by atoms with Crippen LogP contribution in [0.3, 0.4) is 0 Å². The largest absolute Gasteiger partial charge is 0.304 e. The number of H-pyrrole nitrogens is 1. The molecule has 0 aliphatic heterocycles. The summed E-state index contributed by atoms with van der Waals surface area (Å²) < 4.78 is 0. The highest BCUT2D eigenvalue weighted by Crippen LogP contribution is 2.18. The summed E-state index contributed by atoms with van der Waals surface area (Å²) in [6, 6.07) is 5.50. The van der Waals surface area contributed by atoms with Crippen LogP contribution in [0, 0.1) is 0 Å². The van der Waals surface area contributed by atoms with Gasteiger partial charge < -0.3 is 5.32 Å². The first kappa shape index (κ1) is 11.5. The zero-order valence-electron chi connectivity index (χ0n) is 9.70. The molecule has 0 spiro atoms. The molecule has 3 aromatic rings. The molecule has 0 unspecified atom stereocenters. The Hall–Kier alpha value is -2.54. The van der Waals surface area contributed by atoms with Crippen molar-refractivity contribution in [2.75, 3.05) is 5.32 Å². The molecule has 0 fully saturated rings. The second kappa shape index (κ2) is 4.99. The van der Waals surface area contributed by atoms with E-state index < -0.39 is 0 Å². The van der Waals surface area contributed by atoms with Crippen molar-refractivity contribution in [3.63, 3.8) is 0 Å². The van der Waals surface area contributed by atoms with Gasteiger partial charge in [0.1, 0.15) is 5.69 Å². The molecule has 0 radical (unpaired) electrons. The van der Waals surface area contributed by atoms with E-state index in [0.29, 0.717) is 11.5 Å². The van der Waals surface area contributed by atoms with Crippen LogP contribution >= 0.6 is 11.3 Å². The smallest absolute Gasteiger partial charge is 0.276 e. The number of nitrogens with one attached hydrogen (secondary N) is 2. The Labute approximate surface area is 112 Å². The fraction of sp³-hybridized carbons (Fsp3) is 0. The van der Waals surface area contributed by atoms with Crippen molar-refractivity contribution in [3.05, 3.63) is 47.2 Å². The summed E-state index contributed by atoms with van der Waals surface area (Å²) in [7, 11) is 0. The third-order valence-corrected chi connectivity index (χ3v) is 3.04. The van der Waals surface area contributed by atoms with Crippen LogP contribution in [0.4, 0.5) is 5.82 Å². The normalized spacial score (nSPS) is 10.3. The number of carbonyl (C=O) groups is 1. The zero-order chi connectivity index (χ0) is 13.1. The highest BCUT2D eigenvalue weighted by Gasteiger charge is 2.10. The van der Waals surface area contributed by atoms with Crippen LogP contribution in [0.2, 0.25) is 0 Å². The predicted molar refractivity (Wildman–Crippen MR) is 71.9 cm³/mol. The van der Waals surface area contributed by atoms with Gasteiger partial charge >= 0.3 is 0 Å². The van der Waals surface area contributed by atoms with Gasteiger partial charge in [0, 0.05) is 29.4 Å². The molecular formula is C12H9N5OS. The molecule has 2 N–H and O–H groups in total. The first-order chi connectivity index (χ1) is 9.33. The summed E-state index contributed by atoms with van der Waals surface area (Å²) in [5.74, 6) is 0.183. The van der Waals surface area contributed by atoms with E-state index in [1.54, 1.807) is 29.4 Å². The van der Waals surface area contributed by atoms with Gasteiger partial charge in [-0.1, -0.05) is 0 Å². The van der Waals surface area contributed by atoms with Crippen molar-refractivity contribution < 1.29 is 4.79 Å². The van der Waals surface area contributed by atoms with E-state index in [1.807, 2.05) is 12.1 Å². The average Bonchev–Trinajstić information content (AvgIpc) is 3.11. The van der Waals surface area contributed by atoms with Gasteiger partial charge in [-0.15, -0.1) is 11.3 Å². The number of hydrogen-bond donors (Lipinski definition) is 2. The Morgan fingerprint density at radius 2 is 2.37 bits per heavy atom. The van der Waals surface area contributed by atoms with E-state index in [1.165, 1.54) is 11.3 Å². The fourth-order valence-electron chi connectivity index (χ4n) is 1.56. The molecule has 0 aliphatic carbocycles. The maximum absolute atomic E-state index is 11.8. The number of aromatic nitrogens is 4. The number of nitrogens with zero attached hydrogens (tertiary/aromatic N) is 3. The van der Waals surface area contributed by atoms with Crippen LogP contribution in [0.25, 0.3) is 11.3 Å². The van der Waals surface area contributed by atoms with Crippen LogP contribution in [-0.4, -0.2) is 26.1 Å². The quantitative estimate of drug-likeness (QED) is 0.764. The summed E-state index contributed by atoms with van der Waals surface area (Å²) >= 11 is 1.37. The highest BCUT2D eigenvalue weighted by molar-refractivity contribution is 7.07. The molecule has 94 valence electrons. The molecule has 0 aromatic carbocycles. The lowest BCUT2D eigenvalue weighted by Crippen LogP contribution is -2.12. The van der Waals surface area contributed by atoms with E-state index in [4.69, 9.17) is 0 Å². The number of aromatic amines is 1. The standard InChI is InChI=1S/C12H9N5OS/c18-12(10-6-19-7-14-10)15-11-4-9(16-17-11)8-2-1-3-13-5-8/h1-7H,(H2,15,16,17,18). The number of amides is 1. The minimum atomic E-state index is -0.273. The van der Waals surface area contributed by atoms with Crippen LogP contribution in [0.15, 0.2) is 41.5 Å². The lowest BCUT2D eigenvalue weighted by molar-refractivity contribution is 0.102. The van der Waals surface area contributed by atoms with Crippen LogP contribution < -0.4 is 5.32 Å². The molecule has 1 amide bonds. The Kier molecular flexibility index (Phi) is 3.03. The van der Waals surface area contributed by atoms with E-state index in [2.05, 4.69) is 25.5 Å². The number of thiazole rings is 1. The number of pyridine rings is 1. The van der Waals surface area contributed by atoms with Crippen molar-refractivity contribution in [1.82, 2.24) is 20.2 Å². The van der Waals surface area contributed by atoms with Crippen molar-refractivity contribution in [2.24, 2.45) is 0 Å². The SMILES string of the molecule is O=C(Nc1cc(-c2cccnc2)[nH]n1)c1cscn1. The number of hydrogen-bond acceptors (Lipinski definition) is 5. The van der Waals surface area contributed by atoms with Gasteiger partial charge in [0.05, 0.1) is 11.2 Å². The molecule has 0 atom stereocenters. The van der Waals surface area contributed by atoms with Gasteiger partial charge in [0.2, 0.25) is 0 Å².